The molecular weight excluding hydrogens is 329 g/mol. The fourth-order valence-corrected chi connectivity index (χ4v) is 3.33. The Hall–Kier alpha value is -2.28. The quantitative estimate of drug-likeness (QED) is 0.924. The summed E-state index contributed by atoms with van der Waals surface area (Å²) in [6, 6.07) is 5.30. The van der Waals surface area contributed by atoms with Crippen LogP contribution < -0.4 is 5.32 Å². The molecule has 0 spiro atoms. The number of anilines is 1. The molecule has 0 bridgehead atoms. The number of hydrogen-bond acceptors (Lipinski definition) is 4. The Balaban J connectivity index is 1.57. The van der Waals surface area contributed by atoms with Crippen molar-refractivity contribution < 1.29 is 14.0 Å². The van der Waals surface area contributed by atoms with E-state index < -0.39 is 0 Å². The highest BCUT2D eigenvalue weighted by atomic mass is 32.1. The van der Waals surface area contributed by atoms with Crippen LogP contribution in [0.25, 0.3) is 0 Å². The molecule has 1 aliphatic rings. The molecule has 1 aromatic heterocycles. The number of halogens is 1. The molecule has 1 aliphatic heterocycles. The first-order valence-electron chi connectivity index (χ1n) is 7.91. The first kappa shape index (κ1) is 16.6. The molecule has 2 aromatic rings. The van der Waals surface area contributed by atoms with Gasteiger partial charge in [0.25, 0.3) is 5.91 Å². The molecule has 126 valence electrons. The van der Waals surface area contributed by atoms with Crippen LogP contribution in [0.2, 0.25) is 0 Å². The van der Waals surface area contributed by atoms with Gasteiger partial charge in [0.1, 0.15) is 5.82 Å². The van der Waals surface area contributed by atoms with Gasteiger partial charge in [0, 0.05) is 24.0 Å². The lowest BCUT2D eigenvalue weighted by Gasteiger charge is -2.26. The van der Waals surface area contributed by atoms with Gasteiger partial charge in [0.2, 0.25) is 5.91 Å². The van der Waals surface area contributed by atoms with Gasteiger partial charge in [-0.15, -0.1) is 11.3 Å². The van der Waals surface area contributed by atoms with Crippen LogP contribution in [-0.2, 0) is 11.2 Å². The molecule has 7 heteroatoms. The van der Waals surface area contributed by atoms with Gasteiger partial charge in [-0.25, -0.2) is 9.37 Å². The SMILES string of the molecule is O=C(Nc1nc(CC(=O)N2CCCCC2)cs1)c1ccc(F)cc1. The predicted molar refractivity (Wildman–Crippen MR) is 90.6 cm³/mol. The van der Waals surface area contributed by atoms with Crippen molar-refractivity contribution in [2.75, 3.05) is 18.4 Å². The molecule has 2 amide bonds. The minimum absolute atomic E-state index is 0.0800. The number of hydrogen-bond donors (Lipinski definition) is 1. The van der Waals surface area contributed by atoms with E-state index in [0.29, 0.717) is 16.4 Å². The summed E-state index contributed by atoms with van der Waals surface area (Å²) in [5.41, 5.74) is 1.02. The van der Waals surface area contributed by atoms with Crippen LogP contribution in [0.5, 0.6) is 0 Å². The van der Waals surface area contributed by atoms with Crippen molar-refractivity contribution in [1.29, 1.82) is 0 Å². The average Bonchev–Trinajstić information content (AvgIpc) is 3.03. The monoisotopic (exact) mass is 347 g/mol. The van der Waals surface area contributed by atoms with Crippen LogP contribution in [0.3, 0.4) is 0 Å². The van der Waals surface area contributed by atoms with E-state index >= 15 is 0 Å². The van der Waals surface area contributed by atoms with Crippen molar-refractivity contribution in [3.05, 3.63) is 46.7 Å². The summed E-state index contributed by atoms with van der Waals surface area (Å²) < 4.78 is 12.9. The maximum atomic E-state index is 12.9. The van der Waals surface area contributed by atoms with E-state index in [9.17, 15) is 14.0 Å². The van der Waals surface area contributed by atoms with Crippen molar-refractivity contribution in [3.8, 4) is 0 Å². The van der Waals surface area contributed by atoms with E-state index in [-0.39, 0.29) is 24.1 Å². The molecule has 0 radical (unpaired) electrons. The molecule has 0 unspecified atom stereocenters. The Bertz CT molecular complexity index is 724. The third kappa shape index (κ3) is 4.17. The number of aromatic nitrogens is 1. The minimum Gasteiger partial charge on any atom is -0.342 e. The van der Waals surface area contributed by atoms with Gasteiger partial charge in [-0.2, -0.15) is 0 Å². The topological polar surface area (TPSA) is 62.3 Å². The maximum Gasteiger partial charge on any atom is 0.257 e. The summed E-state index contributed by atoms with van der Waals surface area (Å²) in [6.07, 6.45) is 3.55. The lowest BCUT2D eigenvalue weighted by Crippen LogP contribution is -2.36. The lowest BCUT2D eigenvalue weighted by molar-refractivity contribution is -0.131. The van der Waals surface area contributed by atoms with Crippen LogP contribution in [-0.4, -0.2) is 34.8 Å². The number of rotatable bonds is 4. The van der Waals surface area contributed by atoms with Crippen molar-refractivity contribution in [2.45, 2.75) is 25.7 Å². The highest BCUT2D eigenvalue weighted by Crippen LogP contribution is 2.18. The van der Waals surface area contributed by atoms with Crippen molar-refractivity contribution in [2.24, 2.45) is 0 Å². The third-order valence-electron chi connectivity index (χ3n) is 3.92. The highest BCUT2D eigenvalue weighted by molar-refractivity contribution is 7.14. The number of piperidine rings is 1. The van der Waals surface area contributed by atoms with E-state index in [4.69, 9.17) is 0 Å². The van der Waals surface area contributed by atoms with Crippen molar-refractivity contribution in [3.63, 3.8) is 0 Å². The second-order valence-corrected chi connectivity index (χ2v) is 6.58. The molecule has 1 saturated heterocycles. The number of amides is 2. The average molecular weight is 347 g/mol. The van der Waals surface area contributed by atoms with Crippen LogP contribution in [0.1, 0.15) is 35.3 Å². The zero-order valence-corrected chi connectivity index (χ0v) is 13.9. The molecule has 0 atom stereocenters. The molecule has 5 nitrogen and oxygen atoms in total. The van der Waals surface area contributed by atoms with Gasteiger partial charge < -0.3 is 4.90 Å². The van der Waals surface area contributed by atoms with E-state index in [1.165, 1.54) is 42.0 Å². The number of carbonyl (C=O) groups is 2. The number of nitrogens with zero attached hydrogens (tertiary/aromatic N) is 2. The molecule has 1 fully saturated rings. The van der Waals surface area contributed by atoms with Gasteiger partial charge in [-0.3, -0.25) is 14.9 Å². The predicted octanol–water partition coefficient (Wildman–Crippen LogP) is 3.09. The maximum absolute atomic E-state index is 12.9. The number of benzene rings is 1. The first-order valence-corrected chi connectivity index (χ1v) is 8.79. The van der Waals surface area contributed by atoms with Crippen LogP contribution in [0, 0.1) is 5.82 Å². The third-order valence-corrected chi connectivity index (χ3v) is 4.73. The van der Waals surface area contributed by atoms with E-state index in [2.05, 4.69) is 10.3 Å². The van der Waals surface area contributed by atoms with Crippen LogP contribution >= 0.6 is 11.3 Å². The summed E-state index contributed by atoms with van der Waals surface area (Å²) >= 11 is 1.28. The van der Waals surface area contributed by atoms with Gasteiger partial charge in [-0.1, -0.05) is 0 Å². The zero-order chi connectivity index (χ0) is 16.9. The van der Waals surface area contributed by atoms with Crippen LogP contribution in [0.15, 0.2) is 29.6 Å². The van der Waals surface area contributed by atoms with Gasteiger partial charge in [0.05, 0.1) is 12.1 Å². The van der Waals surface area contributed by atoms with Gasteiger partial charge >= 0.3 is 0 Å². The Kier molecular flexibility index (Phi) is 5.20. The first-order chi connectivity index (χ1) is 11.6. The molecule has 1 aromatic carbocycles. The number of nitrogens with one attached hydrogen (secondary N) is 1. The Labute approximate surface area is 143 Å². The van der Waals surface area contributed by atoms with E-state index in [1.54, 1.807) is 5.38 Å². The minimum atomic E-state index is -0.390. The second-order valence-electron chi connectivity index (χ2n) is 5.72. The summed E-state index contributed by atoms with van der Waals surface area (Å²) in [6.45, 7) is 1.63. The number of likely N-dealkylation sites (tertiary alicyclic amines) is 1. The van der Waals surface area contributed by atoms with E-state index in [0.717, 1.165) is 25.9 Å². The Morgan fingerprint density at radius 1 is 1.17 bits per heavy atom. The highest BCUT2D eigenvalue weighted by Gasteiger charge is 2.18. The van der Waals surface area contributed by atoms with Crippen LogP contribution in [0.4, 0.5) is 9.52 Å². The Morgan fingerprint density at radius 3 is 2.58 bits per heavy atom. The van der Waals surface area contributed by atoms with Gasteiger partial charge in [0.15, 0.2) is 5.13 Å². The zero-order valence-electron chi connectivity index (χ0n) is 13.1. The molecule has 0 saturated carbocycles. The van der Waals surface area contributed by atoms with Gasteiger partial charge in [-0.05, 0) is 43.5 Å². The summed E-state index contributed by atoms with van der Waals surface area (Å²) in [7, 11) is 0. The summed E-state index contributed by atoms with van der Waals surface area (Å²) in [5.74, 6) is -0.658. The molecular formula is C17H18FN3O2S. The summed E-state index contributed by atoms with van der Waals surface area (Å²) in [5, 5.41) is 4.89. The molecule has 24 heavy (non-hydrogen) atoms. The van der Waals surface area contributed by atoms with Crippen molar-refractivity contribution >= 4 is 28.3 Å². The fourth-order valence-electron chi connectivity index (χ4n) is 2.63. The number of thiazole rings is 1. The molecule has 2 heterocycles. The molecule has 0 aliphatic carbocycles. The normalized spacial score (nSPS) is 14.5. The lowest BCUT2D eigenvalue weighted by atomic mass is 10.1. The molecule has 1 N–H and O–H groups in total. The standard InChI is InChI=1S/C17H18FN3O2S/c18-13-6-4-12(5-7-13)16(23)20-17-19-14(11-24-17)10-15(22)21-8-2-1-3-9-21/h4-7,11H,1-3,8-10H2,(H,19,20,23). The smallest absolute Gasteiger partial charge is 0.257 e. The van der Waals surface area contributed by atoms with E-state index in [1.807, 2.05) is 4.90 Å². The largest absolute Gasteiger partial charge is 0.342 e. The van der Waals surface area contributed by atoms with Crippen molar-refractivity contribution in [1.82, 2.24) is 9.88 Å². The second kappa shape index (κ2) is 7.53. The molecule has 3 rings (SSSR count). The Morgan fingerprint density at radius 2 is 1.88 bits per heavy atom. The summed E-state index contributed by atoms with van der Waals surface area (Å²) in [4.78, 5) is 30.4. The number of carbonyl (C=O) groups excluding carboxylic acids is 2. The fraction of sp³-hybridized carbons (Fsp3) is 0.353.